The second-order valence-electron chi connectivity index (χ2n) is 10.2. The average Bonchev–Trinajstić information content (AvgIpc) is 3.41. The van der Waals surface area contributed by atoms with Gasteiger partial charge in [0.25, 0.3) is 0 Å². The van der Waals surface area contributed by atoms with Gasteiger partial charge in [0.05, 0.1) is 24.0 Å². The van der Waals surface area contributed by atoms with Crippen LogP contribution in [0.3, 0.4) is 0 Å². The number of carbonyl (C=O) groups excluding carboxylic acids is 1. The van der Waals surface area contributed by atoms with Crippen LogP contribution in [0.25, 0.3) is 0 Å². The quantitative estimate of drug-likeness (QED) is 0.297. The van der Waals surface area contributed by atoms with Crippen molar-refractivity contribution in [2.24, 2.45) is 4.99 Å². The number of amides is 2. The third-order valence-corrected chi connectivity index (χ3v) is 10.0. The van der Waals surface area contributed by atoms with Crippen molar-refractivity contribution in [1.82, 2.24) is 14.1 Å². The highest BCUT2D eigenvalue weighted by molar-refractivity contribution is 7.89. The van der Waals surface area contributed by atoms with Crippen LogP contribution >= 0.6 is 23.2 Å². The molecule has 11 heteroatoms. The first-order valence-corrected chi connectivity index (χ1v) is 16.4. The molecule has 8 nitrogen and oxygen atoms in total. The number of rotatable bonds is 7. The van der Waals surface area contributed by atoms with Crippen LogP contribution in [-0.2, 0) is 10.0 Å². The molecule has 1 fully saturated rings. The lowest BCUT2D eigenvalue weighted by molar-refractivity contribution is 0.143. The maximum absolute atomic E-state index is 14.6. The molecule has 0 aliphatic carbocycles. The van der Waals surface area contributed by atoms with E-state index in [1.807, 2.05) is 37.3 Å². The first-order valence-electron chi connectivity index (χ1n) is 14.0. The van der Waals surface area contributed by atoms with E-state index in [9.17, 15) is 13.2 Å². The molecule has 2 atom stereocenters. The lowest BCUT2D eigenvalue weighted by Crippen LogP contribution is -2.55. The molecule has 0 spiro atoms. The molecular formula is C32H32Cl2N4O4S. The van der Waals surface area contributed by atoms with E-state index >= 15 is 0 Å². The smallest absolute Gasteiger partial charge is 0.326 e. The van der Waals surface area contributed by atoms with Gasteiger partial charge in [0.1, 0.15) is 17.6 Å². The molecule has 0 N–H and O–H groups in total. The van der Waals surface area contributed by atoms with Gasteiger partial charge in [-0.15, -0.1) is 6.42 Å². The largest absolute Gasteiger partial charge is 0.493 e. The fourth-order valence-electron chi connectivity index (χ4n) is 5.42. The summed E-state index contributed by atoms with van der Waals surface area (Å²) < 4.78 is 32.5. The minimum absolute atomic E-state index is 0.0130. The third-order valence-electron chi connectivity index (χ3n) is 7.65. The van der Waals surface area contributed by atoms with E-state index in [4.69, 9.17) is 39.4 Å². The van der Waals surface area contributed by atoms with Crippen molar-refractivity contribution in [3.05, 3.63) is 99.0 Å². The van der Waals surface area contributed by atoms with Crippen LogP contribution < -0.4 is 4.74 Å². The maximum Gasteiger partial charge on any atom is 0.326 e. The summed E-state index contributed by atoms with van der Waals surface area (Å²) in [5, 5.41) is 1.16. The van der Waals surface area contributed by atoms with E-state index in [0.717, 1.165) is 11.1 Å². The zero-order chi connectivity index (χ0) is 30.7. The number of terminal acetylenes is 1. The molecule has 2 amide bonds. The third kappa shape index (κ3) is 6.38. The number of hydrogen-bond donors (Lipinski definition) is 0. The molecule has 0 saturated carbocycles. The summed E-state index contributed by atoms with van der Waals surface area (Å²) in [4.78, 5) is 23.1. The monoisotopic (exact) mass is 638 g/mol. The SMILES string of the molecule is C#Cc1ccc(C2=N[C@@H](c3ccc(Cl)cc3)[C@@H](c3ccc(Cl)cc3)N2C(=O)N2CCN(S(=O)(=O)CC)CC2)c(OCC)c1. The van der Waals surface area contributed by atoms with Gasteiger partial charge in [-0.05, 0) is 67.4 Å². The van der Waals surface area contributed by atoms with Crippen LogP contribution in [0, 0.1) is 12.3 Å². The average molecular weight is 640 g/mol. The van der Waals surface area contributed by atoms with Crippen molar-refractivity contribution >= 4 is 45.1 Å². The fourth-order valence-corrected chi connectivity index (χ4v) is 6.76. The van der Waals surface area contributed by atoms with Gasteiger partial charge in [-0.1, -0.05) is 53.4 Å². The standard InChI is InChI=1S/C32H32Cl2N4O4S/c1-4-22-7-16-27(28(21-22)42-5-2)31-35-29(23-8-12-25(33)13-9-23)30(24-10-14-26(34)15-11-24)38(31)32(39)36-17-19-37(20-18-36)43(40,41)6-3/h1,7-16,21,29-30H,5-6,17-20H2,2-3H3/t29-,30+/m0/s1. The number of ether oxygens (including phenoxy) is 1. The van der Waals surface area contributed by atoms with Gasteiger partial charge in [0, 0.05) is 41.8 Å². The lowest BCUT2D eigenvalue weighted by atomic mass is 9.93. The number of piperazine rings is 1. The Balaban J connectivity index is 1.64. The normalized spacial score (nSPS) is 19.2. The Morgan fingerprint density at radius 1 is 0.953 bits per heavy atom. The van der Waals surface area contributed by atoms with Crippen LogP contribution in [0.1, 0.15) is 48.2 Å². The van der Waals surface area contributed by atoms with E-state index < -0.39 is 22.1 Å². The fraction of sp³-hybridized carbons (Fsp3) is 0.312. The van der Waals surface area contributed by atoms with Gasteiger partial charge >= 0.3 is 6.03 Å². The van der Waals surface area contributed by atoms with Crippen molar-refractivity contribution in [3.8, 4) is 18.1 Å². The Morgan fingerprint density at radius 3 is 2.12 bits per heavy atom. The van der Waals surface area contributed by atoms with Gasteiger partial charge in [0.2, 0.25) is 10.0 Å². The molecule has 0 aromatic heterocycles. The highest BCUT2D eigenvalue weighted by Crippen LogP contribution is 2.45. The summed E-state index contributed by atoms with van der Waals surface area (Å²) >= 11 is 12.5. The zero-order valence-electron chi connectivity index (χ0n) is 23.9. The van der Waals surface area contributed by atoms with E-state index in [1.165, 1.54) is 4.31 Å². The Morgan fingerprint density at radius 2 is 1.56 bits per heavy atom. The number of sulfonamides is 1. The number of aliphatic imine (C=N–C) groups is 1. The topological polar surface area (TPSA) is 82.5 Å². The highest BCUT2D eigenvalue weighted by Gasteiger charge is 2.45. The van der Waals surface area contributed by atoms with Gasteiger partial charge in [0.15, 0.2) is 0 Å². The van der Waals surface area contributed by atoms with Crippen molar-refractivity contribution in [2.75, 3.05) is 38.5 Å². The Labute approximate surface area is 262 Å². The molecule has 0 unspecified atom stereocenters. The van der Waals surface area contributed by atoms with E-state index in [-0.39, 0.29) is 38.0 Å². The van der Waals surface area contributed by atoms with Crippen LogP contribution in [0.2, 0.25) is 10.0 Å². The maximum atomic E-state index is 14.6. The molecule has 3 aromatic carbocycles. The van der Waals surface area contributed by atoms with Crippen LogP contribution in [-0.4, -0.2) is 72.9 Å². The molecule has 224 valence electrons. The minimum atomic E-state index is -3.37. The molecule has 0 radical (unpaired) electrons. The molecule has 2 aliphatic heterocycles. The van der Waals surface area contributed by atoms with Crippen molar-refractivity contribution in [1.29, 1.82) is 0 Å². The van der Waals surface area contributed by atoms with Crippen molar-refractivity contribution < 1.29 is 17.9 Å². The zero-order valence-corrected chi connectivity index (χ0v) is 26.2. The second kappa shape index (κ2) is 13.0. The molecule has 2 aliphatic rings. The van der Waals surface area contributed by atoms with Crippen LogP contribution in [0.5, 0.6) is 5.75 Å². The Kier molecular flexibility index (Phi) is 9.33. The first kappa shape index (κ1) is 30.9. The summed E-state index contributed by atoms with van der Waals surface area (Å²) in [7, 11) is -3.37. The molecule has 2 heterocycles. The predicted molar refractivity (Wildman–Crippen MR) is 170 cm³/mol. The summed E-state index contributed by atoms with van der Waals surface area (Å²) in [6.07, 6.45) is 5.69. The van der Waals surface area contributed by atoms with Crippen molar-refractivity contribution in [3.63, 3.8) is 0 Å². The number of benzene rings is 3. The van der Waals surface area contributed by atoms with E-state index in [0.29, 0.717) is 39.4 Å². The molecule has 1 saturated heterocycles. The summed E-state index contributed by atoms with van der Waals surface area (Å²) in [5.74, 6) is 3.60. The van der Waals surface area contributed by atoms with Crippen LogP contribution in [0.15, 0.2) is 71.7 Å². The summed E-state index contributed by atoms with van der Waals surface area (Å²) in [5.41, 5.74) is 2.97. The van der Waals surface area contributed by atoms with Gasteiger partial charge in [-0.25, -0.2) is 13.2 Å². The molecule has 5 rings (SSSR count). The van der Waals surface area contributed by atoms with Crippen molar-refractivity contribution in [2.45, 2.75) is 25.9 Å². The molecule has 43 heavy (non-hydrogen) atoms. The predicted octanol–water partition coefficient (Wildman–Crippen LogP) is 6.01. The number of carbonyl (C=O) groups is 1. The van der Waals surface area contributed by atoms with E-state index in [1.54, 1.807) is 53.1 Å². The summed E-state index contributed by atoms with van der Waals surface area (Å²) in [6, 6.07) is 18.9. The Hall–Kier alpha value is -3.55. The van der Waals surface area contributed by atoms with E-state index in [2.05, 4.69) is 5.92 Å². The number of urea groups is 1. The molecule has 0 bridgehead atoms. The number of halogens is 2. The van der Waals surface area contributed by atoms with Gasteiger partial charge in [-0.2, -0.15) is 4.31 Å². The lowest BCUT2D eigenvalue weighted by Gasteiger charge is -2.38. The molecule has 3 aromatic rings. The van der Waals surface area contributed by atoms with Gasteiger partial charge < -0.3 is 9.64 Å². The Bertz CT molecular complexity index is 1660. The first-order chi connectivity index (χ1) is 20.7. The second-order valence-corrected chi connectivity index (χ2v) is 13.3. The minimum Gasteiger partial charge on any atom is -0.493 e. The molecular weight excluding hydrogens is 607 g/mol. The van der Waals surface area contributed by atoms with Gasteiger partial charge in [-0.3, -0.25) is 9.89 Å². The number of amidine groups is 1. The van der Waals surface area contributed by atoms with Crippen LogP contribution in [0.4, 0.5) is 4.79 Å². The summed E-state index contributed by atoms with van der Waals surface area (Å²) in [6.45, 7) is 4.81. The number of nitrogens with zero attached hydrogens (tertiary/aromatic N) is 4. The number of hydrogen-bond acceptors (Lipinski definition) is 5. The highest BCUT2D eigenvalue weighted by atomic mass is 35.5.